The molecule has 1 fully saturated rings. The minimum atomic E-state index is -1.23. The molecule has 1 heterocycles. The van der Waals surface area contributed by atoms with Crippen LogP contribution in [0.5, 0.6) is 5.75 Å². The zero-order valence-electron chi connectivity index (χ0n) is 15.2. The highest BCUT2D eigenvalue weighted by Crippen LogP contribution is 2.30. The zero-order chi connectivity index (χ0) is 19.6. The second kappa shape index (κ2) is 7.24. The molecular weight excluding hydrogens is 364 g/mol. The molecule has 0 bridgehead atoms. The number of carbonyl (C=O) groups excluding carboxylic acids is 2. The third-order valence-corrected chi connectivity index (χ3v) is 4.64. The molecule has 2 aromatic rings. The van der Waals surface area contributed by atoms with Gasteiger partial charge in [0, 0.05) is 5.69 Å². The number of thiocarbonyl (C=S) groups is 1. The average Bonchev–Trinajstić information content (AvgIpc) is 2.88. The van der Waals surface area contributed by atoms with E-state index in [1.807, 2.05) is 31.2 Å². The Morgan fingerprint density at radius 1 is 1.19 bits per heavy atom. The molecule has 0 aliphatic carbocycles. The first-order valence-corrected chi connectivity index (χ1v) is 8.70. The Morgan fingerprint density at radius 3 is 2.63 bits per heavy atom. The minimum absolute atomic E-state index is 0.141. The quantitative estimate of drug-likeness (QED) is 0.555. The van der Waals surface area contributed by atoms with Crippen LogP contribution in [0.3, 0.4) is 0 Å². The summed E-state index contributed by atoms with van der Waals surface area (Å²) in [6, 6.07) is 14.0. The highest BCUT2D eigenvalue weighted by Gasteiger charge is 2.50. The summed E-state index contributed by atoms with van der Waals surface area (Å²) in [6.45, 7) is 3.57. The molecule has 3 rings (SSSR count). The minimum Gasteiger partial charge on any atom is -0.497 e. The maximum absolute atomic E-state index is 12.9. The number of hydrogen-bond donors (Lipinski definition) is 3. The fraction of sp³-hybridized carbons (Fsp3) is 0.211. The lowest BCUT2D eigenvalue weighted by molar-refractivity contribution is -0.132. The molecular formula is C19H20N4O3S. The Morgan fingerprint density at radius 2 is 1.93 bits per heavy atom. The van der Waals surface area contributed by atoms with E-state index in [-0.39, 0.29) is 5.11 Å². The predicted molar refractivity (Wildman–Crippen MR) is 106 cm³/mol. The number of para-hydroxylation sites is 1. The van der Waals surface area contributed by atoms with Crippen LogP contribution in [0.15, 0.2) is 48.5 Å². The molecule has 1 atom stereocenters. The number of hydrogen-bond acceptors (Lipinski definition) is 4. The molecule has 3 N–H and O–H groups in total. The van der Waals surface area contributed by atoms with Crippen LogP contribution >= 0.6 is 12.2 Å². The molecule has 1 saturated heterocycles. The smallest absolute Gasteiger partial charge is 0.344 e. The van der Waals surface area contributed by atoms with Crippen LogP contribution in [0.4, 0.5) is 10.5 Å². The van der Waals surface area contributed by atoms with Gasteiger partial charge in [0.1, 0.15) is 11.3 Å². The van der Waals surface area contributed by atoms with Crippen molar-refractivity contribution in [3.8, 4) is 5.75 Å². The van der Waals surface area contributed by atoms with Crippen molar-refractivity contribution < 1.29 is 14.3 Å². The molecule has 0 radical (unpaired) electrons. The lowest BCUT2D eigenvalue weighted by atomic mass is 9.92. The van der Waals surface area contributed by atoms with Crippen LogP contribution in [0, 0.1) is 6.92 Å². The van der Waals surface area contributed by atoms with E-state index in [2.05, 4.69) is 16.1 Å². The van der Waals surface area contributed by atoms with E-state index in [1.54, 1.807) is 38.3 Å². The van der Waals surface area contributed by atoms with E-state index in [9.17, 15) is 9.59 Å². The average molecular weight is 384 g/mol. The standard InChI is InChI=1S/C19H20N4O3S/c1-12-7-4-5-10-15(12)20-17(27)22-23-16(24)19(2,21-18(23)25)13-8-6-9-14(11-13)26-3/h4-11H,1-3H3,(H,21,25)(H2,20,22,27)/t19-/m0/s1. The van der Waals surface area contributed by atoms with E-state index in [0.29, 0.717) is 11.3 Å². The molecule has 0 aromatic heterocycles. The monoisotopic (exact) mass is 384 g/mol. The molecule has 3 amide bonds. The molecule has 7 nitrogen and oxygen atoms in total. The van der Waals surface area contributed by atoms with Gasteiger partial charge in [0.25, 0.3) is 5.91 Å². The summed E-state index contributed by atoms with van der Waals surface area (Å²) in [6.07, 6.45) is 0. The maximum Gasteiger partial charge on any atom is 0.344 e. The zero-order valence-corrected chi connectivity index (χ0v) is 16.0. The van der Waals surface area contributed by atoms with Gasteiger partial charge >= 0.3 is 6.03 Å². The van der Waals surface area contributed by atoms with Crippen molar-refractivity contribution >= 4 is 35.0 Å². The van der Waals surface area contributed by atoms with Gasteiger partial charge in [-0.1, -0.05) is 30.3 Å². The molecule has 0 spiro atoms. The number of methoxy groups -OCH3 is 1. The van der Waals surface area contributed by atoms with Crippen molar-refractivity contribution in [1.29, 1.82) is 0 Å². The van der Waals surface area contributed by atoms with E-state index in [0.717, 1.165) is 16.3 Å². The summed E-state index contributed by atoms with van der Waals surface area (Å²) in [4.78, 5) is 25.3. The fourth-order valence-electron chi connectivity index (χ4n) is 2.84. The number of carbonyl (C=O) groups is 2. The van der Waals surface area contributed by atoms with Gasteiger partial charge in [0.2, 0.25) is 0 Å². The number of rotatable bonds is 4. The van der Waals surface area contributed by atoms with E-state index >= 15 is 0 Å². The van der Waals surface area contributed by atoms with Gasteiger partial charge in [-0.25, -0.2) is 4.79 Å². The number of nitrogens with one attached hydrogen (secondary N) is 3. The topological polar surface area (TPSA) is 82.7 Å². The molecule has 27 heavy (non-hydrogen) atoms. The number of nitrogens with zero attached hydrogens (tertiary/aromatic N) is 1. The predicted octanol–water partition coefficient (Wildman–Crippen LogP) is 2.67. The second-order valence-electron chi connectivity index (χ2n) is 6.31. The third-order valence-electron chi connectivity index (χ3n) is 4.44. The summed E-state index contributed by atoms with van der Waals surface area (Å²) < 4.78 is 5.21. The summed E-state index contributed by atoms with van der Waals surface area (Å²) in [5, 5.41) is 6.72. The lowest BCUT2D eigenvalue weighted by Gasteiger charge is -2.23. The summed E-state index contributed by atoms with van der Waals surface area (Å²) in [5.74, 6) is 0.133. The van der Waals surface area contributed by atoms with Crippen molar-refractivity contribution in [2.45, 2.75) is 19.4 Å². The van der Waals surface area contributed by atoms with Crippen molar-refractivity contribution in [3.05, 3.63) is 59.7 Å². The van der Waals surface area contributed by atoms with E-state index < -0.39 is 17.5 Å². The van der Waals surface area contributed by atoms with E-state index in [4.69, 9.17) is 17.0 Å². The van der Waals surface area contributed by atoms with Gasteiger partial charge in [-0.05, 0) is 55.4 Å². The highest BCUT2D eigenvalue weighted by molar-refractivity contribution is 7.80. The molecule has 1 aliphatic heterocycles. The number of benzene rings is 2. The van der Waals surface area contributed by atoms with Gasteiger partial charge in [-0.3, -0.25) is 10.2 Å². The Labute approximate surface area is 162 Å². The Bertz CT molecular complexity index is 917. The van der Waals surface area contributed by atoms with Crippen molar-refractivity contribution in [2.75, 3.05) is 12.4 Å². The van der Waals surface area contributed by atoms with Crippen LogP contribution in [0.2, 0.25) is 0 Å². The number of aryl methyl sites for hydroxylation is 1. The first-order valence-electron chi connectivity index (χ1n) is 8.29. The first kappa shape index (κ1) is 18.7. The third kappa shape index (κ3) is 3.56. The molecule has 8 heteroatoms. The Hall–Kier alpha value is -3.13. The number of amides is 3. The molecule has 2 aromatic carbocycles. The first-order chi connectivity index (χ1) is 12.8. The van der Waals surface area contributed by atoms with Crippen LogP contribution < -0.4 is 20.8 Å². The number of imide groups is 1. The van der Waals surface area contributed by atoms with Crippen molar-refractivity contribution in [3.63, 3.8) is 0 Å². The molecule has 1 aliphatic rings. The van der Waals surface area contributed by atoms with E-state index in [1.165, 1.54) is 0 Å². The number of hydrazine groups is 1. The molecule has 140 valence electrons. The Kier molecular flexibility index (Phi) is 5.00. The molecule has 0 saturated carbocycles. The van der Waals surface area contributed by atoms with Gasteiger partial charge < -0.3 is 15.4 Å². The summed E-state index contributed by atoms with van der Waals surface area (Å²) in [7, 11) is 1.54. The fourth-order valence-corrected chi connectivity index (χ4v) is 3.04. The van der Waals surface area contributed by atoms with Crippen LogP contribution in [0.1, 0.15) is 18.1 Å². The summed E-state index contributed by atoms with van der Waals surface area (Å²) >= 11 is 5.25. The maximum atomic E-state index is 12.9. The number of urea groups is 1. The Balaban J connectivity index is 1.77. The van der Waals surface area contributed by atoms with Crippen LogP contribution in [-0.4, -0.2) is 29.2 Å². The SMILES string of the molecule is COc1cccc([C@]2(C)NC(=O)N(NC(=S)Nc3ccccc3C)C2=O)c1. The normalized spacial score (nSPS) is 18.9. The largest absolute Gasteiger partial charge is 0.497 e. The number of ether oxygens (including phenoxy) is 1. The van der Waals surface area contributed by atoms with Gasteiger partial charge in [0.05, 0.1) is 7.11 Å². The van der Waals surface area contributed by atoms with Crippen molar-refractivity contribution in [1.82, 2.24) is 15.8 Å². The lowest BCUT2D eigenvalue weighted by Crippen LogP contribution is -2.49. The van der Waals surface area contributed by atoms with Crippen LogP contribution in [0.25, 0.3) is 0 Å². The molecule has 0 unspecified atom stereocenters. The second-order valence-corrected chi connectivity index (χ2v) is 6.72. The van der Waals surface area contributed by atoms with Crippen molar-refractivity contribution in [2.24, 2.45) is 0 Å². The van der Waals surface area contributed by atoms with Gasteiger partial charge in [-0.15, -0.1) is 0 Å². The van der Waals surface area contributed by atoms with Gasteiger partial charge in [0.15, 0.2) is 5.11 Å². The van der Waals surface area contributed by atoms with Gasteiger partial charge in [-0.2, -0.15) is 5.01 Å². The number of anilines is 1. The summed E-state index contributed by atoms with van der Waals surface area (Å²) in [5.41, 5.74) is 3.83. The highest BCUT2D eigenvalue weighted by atomic mass is 32.1. The van der Waals surface area contributed by atoms with Crippen LogP contribution in [-0.2, 0) is 10.3 Å².